The maximum absolute atomic E-state index is 5.98. The van der Waals surface area contributed by atoms with Crippen molar-refractivity contribution in [2.75, 3.05) is 17.2 Å². The lowest BCUT2D eigenvalue weighted by molar-refractivity contribution is 1.12. The maximum Gasteiger partial charge on any atom is 0.224 e. The van der Waals surface area contributed by atoms with Gasteiger partial charge in [0.15, 0.2) is 5.82 Å². The van der Waals surface area contributed by atoms with Crippen molar-refractivity contribution in [3.63, 3.8) is 0 Å². The summed E-state index contributed by atoms with van der Waals surface area (Å²) in [4.78, 5) is 16.9. The van der Waals surface area contributed by atoms with Gasteiger partial charge in [-0.15, -0.1) is 6.42 Å². The Balaban J connectivity index is 1.99. The molecule has 2 aromatic heterocycles. The van der Waals surface area contributed by atoms with Crippen LogP contribution in [0.1, 0.15) is 0 Å². The van der Waals surface area contributed by atoms with Crippen molar-refractivity contribution in [3.8, 4) is 12.3 Å². The van der Waals surface area contributed by atoms with Crippen molar-refractivity contribution >= 4 is 40.1 Å². The Morgan fingerprint density at radius 1 is 1.23 bits per heavy atom. The number of terminal acetylenes is 1. The fourth-order valence-corrected chi connectivity index (χ4v) is 2.05. The number of nitrogens with one attached hydrogen (secondary N) is 2. The predicted octanol–water partition coefficient (Wildman–Crippen LogP) is 2.86. The van der Waals surface area contributed by atoms with Crippen molar-refractivity contribution in [2.45, 2.75) is 0 Å². The zero-order valence-corrected chi connectivity index (χ0v) is 12.2. The highest BCUT2D eigenvalue weighted by atomic mass is 35.5. The highest BCUT2D eigenvalue weighted by Gasteiger charge is 2.08. The van der Waals surface area contributed by atoms with Gasteiger partial charge in [-0.2, -0.15) is 0 Å². The first kappa shape index (κ1) is 14.0. The molecule has 0 atom stereocenters. The summed E-state index contributed by atoms with van der Waals surface area (Å²) in [5, 5.41) is 6.73. The third-order valence-electron chi connectivity index (χ3n) is 2.81. The molecule has 7 heteroatoms. The number of rotatable bonds is 4. The van der Waals surface area contributed by atoms with Crippen LogP contribution in [0.3, 0.4) is 0 Å². The first-order valence-corrected chi connectivity index (χ1v) is 6.82. The number of fused-ring (bicyclic) bond motifs is 1. The smallest absolute Gasteiger partial charge is 0.224 e. The molecule has 0 bridgehead atoms. The van der Waals surface area contributed by atoms with Crippen molar-refractivity contribution < 1.29 is 0 Å². The lowest BCUT2D eigenvalue weighted by Gasteiger charge is -2.08. The summed E-state index contributed by atoms with van der Waals surface area (Å²) in [5.74, 6) is 3.47. The maximum atomic E-state index is 5.98. The zero-order chi connectivity index (χ0) is 15.4. The zero-order valence-electron chi connectivity index (χ0n) is 11.4. The molecule has 0 radical (unpaired) electrons. The van der Waals surface area contributed by atoms with E-state index in [1.54, 1.807) is 18.3 Å². The van der Waals surface area contributed by atoms with Gasteiger partial charge in [-0.1, -0.05) is 23.6 Å². The van der Waals surface area contributed by atoms with Crippen LogP contribution in [-0.4, -0.2) is 26.5 Å². The van der Waals surface area contributed by atoms with Crippen LogP contribution < -0.4 is 10.6 Å². The molecule has 108 valence electrons. The molecule has 0 aliphatic carbocycles. The number of nitrogens with zero attached hydrogens (tertiary/aromatic N) is 4. The Morgan fingerprint density at radius 3 is 2.95 bits per heavy atom. The number of hydrogen-bond acceptors (Lipinski definition) is 6. The molecule has 0 unspecified atom stereocenters. The van der Waals surface area contributed by atoms with E-state index in [9.17, 15) is 0 Å². The molecule has 0 amide bonds. The van der Waals surface area contributed by atoms with Crippen LogP contribution in [0, 0.1) is 12.3 Å². The summed E-state index contributed by atoms with van der Waals surface area (Å²) >= 11 is 5.98. The Bertz CT molecular complexity index is 858. The quantitative estimate of drug-likeness (QED) is 0.722. The summed E-state index contributed by atoms with van der Waals surface area (Å²) in [6.45, 7) is 0.344. The van der Waals surface area contributed by atoms with E-state index in [-0.39, 0.29) is 0 Å². The molecular formula is C15H11ClN6. The van der Waals surface area contributed by atoms with Crippen LogP contribution >= 0.6 is 11.6 Å². The fraction of sp³-hybridized carbons (Fsp3) is 0.0667. The summed E-state index contributed by atoms with van der Waals surface area (Å²) < 4.78 is 0. The van der Waals surface area contributed by atoms with E-state index < -0.39 is 0 Å². The van der Waals surface area contributed by atoms with Crippen molar-refractivity contribution in [3.05, 3.63) is 41.8 Å². The van der Waals surface area contributed by atoms with Crippen LogP contribution in [0.25, 0.3) is 11.0 Å². The van der Waals surface area contributed by atoms with Gasteiger partial charge in [0.1, 0.15) is 17.4 Å². The standard InChI is InChI=1S/C15H11ClN6/c1-2-6-17-15-18-8-12-13(22-15)14(20-9-19-12)21-11-5-3-4-10(16)7-11/h1,3-5,7-9H,6H2,(H,17,18,22)(H,19,20,21). The molecule has 2 N–H and O–H groups in total. The second-order valence-electron chi connectivity index (χ2n) is 4.34. The third kappa shape index (κ3) is 3.05. The Morgan fingerprint density at radius 2 is 2.14 bits per heavy atom. The minimum absolute atomic E-state index is 0.344. The van der Waals surface area contributed by atoms with E-state index >= 15 is 0 Å². The molecule has 3 rings (SSSR count). The van der Waals surface area contributed by atoms with Gasteiger partial charge in [0.2, 0.25) is 5.95 Å². The predicted molar refractivity (Wildman–Crippen MR) is 87.2 cm³/mol. The summed E-state index contributed by atoms with van der Waals surface area (Å²) in [6, 6.07) is 7.34. The van der Waals surface area contributed by atoms with E-state index in [1.165, 1.54) is 6.33 Å². The lowest BCUT2D eigenvalue weighted by atomic mass is 10.3. The molecular weight excluding hydrogens is 300 g/mol. The van der Waals surface area contributed by atoms with Crippen LogP contribution in [0.2, 0.25) is 5.02 Å². The van der Waals surface area contributed by atoms with E-state index in [0.29, 0.717) is 34.4 Å². The average Bonchev–Trinajstić information content (AvgIpc) is 2.53. The van der Waals surface area contributed by atoms with Gasteiger partial charge in [-0.3, -0.25) is 0 Å². The largest absolute Gasteiger partial charge is 0.343 e. The molecule has 2 heterocycles. The van der Waals surface area contributed by atoms with Crippen LogP contribution in [0.4, 0.5) is 17.5 Å². The van der Waals surface area contributed by atoms with Crippen molar-refractivity contribution in [1.82, 2.24) is 19.9 Å². The Hall–Kier alpha value is -2.91. The van der Waals surface area contributed by atoms with Crippen LogP contribution in [0.5, 0.6) is 0 Å². The minimum atomic E-state index is 0.344. The number of aromatic nitrogens is 4. The SMILES string of the molecule is C#CCNc1ncc2ncnc(Nc3cccc(Cl)c3)c2n1. The Kier molecular flexibility index (Phi) is 3.99. The topological polar surface area (TPSA) is 75.6 Å². The minimum Gasteiger partial charge on any atom is -0.343 e. The number of benzene rings is 1. The summed E-state index contributed by atoms with van der Waals surface area (Å²) in [7, 11) is 0. The van der Waals surface area contributed by atoms with Gasteiger partial charge < -0.3 is 10.6 Å². The fourth-order valence-electron chi connectivity index (χ4n) is 1.86. The highest BCUT2D eigenvalue weighted by Crippen LogP contribution is 2.23. The van der Waals surface area contributed by atoms with Crippen molar-refractivity contribution in [2.24, 2.45) is 0 Å². The van der Waals surface area contributed by atoms with Gasteiger partial charge >= 0.3 is 0 Å². The number of anilines is 3. The van der Waals surface area contributed by atoms with Gasteiger partial charge in [-0.25, -0.2) is 19.9 Å². The van der Waals surface area contributed by atoms with Crippen LogP contribution in [0.15, 0.2) is 36.8 Å². The number of hydrogen-bond donors (Lipinski definition) is 2. The van der Waals surface area contributed by atoms with E-state index in [0.717, 1.165) is 5.69 Å². The molecule has 0 fully saturated rings. The summed E-state index contributed by atoms with van der Waals surface area (Å²) in [5.41, 5.74) is 2.03. The lowest BCUT2D eigenvalue weighted by Crippen LogP contribution is -2.05. The first-order chi connectivity index (χ1) is 10.8. The Labute approximate surface area is 132 Å². The molecule has 0 spiro atoms. The second-order valence-corrected chi connectivity index (χ2v) is 4.78. The molecule has 0 saturated heterocycles. The third-order valence-corrected chi connectivity index (χ3v) is 3.05. The van der Waals surface area contributed by atoms with Gasteiger partial charge in [0, 0.05) is 10.7 Å². The molecule has 3 aromatic rings. The molecule has 0 saturated carbocycles. The van der Waals surface area contributed by atoms with E-state index in [1.807, 2.05) is 12.1 Å². The normalized spacial score (nSPS) is 10.2. The van der Waals surface area contributed by atoms with Gasteiger partial charge in [0.05, 0.1) is 12.7 Å². The van der Waals surface area contributed by atoms with E-state index in [4.69, 9.17) is 18.0 Å². The molecule has 1 aromatic carbocycles. The molecule has 22 heavy (non-hydrogen) atoms. The molecule has 0 aliphatic rings. The summed E-state index contributed by atoms with van der Waals surface area (Å²) in [6.07, 6.45) is 8.29. The monoisotopic (exact) mass is 310 g/mol. The van der Waals surface area contributed by atoms with Gasteiger partial charge in [-0.05, 0) is 18.2 Å². The van der Waals surface area contributed by atoms with E-state index in [2.05, 4.69) is 36.5 Å². The number of halogens is 1. The second kappa shape index (κ2) is 6.24. The molecule has 0 aliphatic heterocycles. The average molecular weight is 311 g/mol. The highest BCUT2D eigenvalue weighted by molar-refractivity contribution is 6.30. The first-order valence-electron chi connectivity index (χ1n) is 6.44. The van der Waals surface area contributed by atoms with Crippen LogP contribution in [-0.2, 0) is 0 Å². The van der Waals surface area contributed by atoms with Crippen molar-refractivity contribution in [1.29, 1.82) is 0 Å². The molecule has 6 nitrogen and oxygen atoms in total. The van der Waals surface area contributed by atoms with Gasteiger partial charge in [0.25, 0.3) is 0 Å².